The van der Waals surface area contributed by atoms with Gasteiger partial charge in [0.15, 0.2) is 0 Å². The van der Waals surface area contributed by atoms with Crippen LogP contribution in [0.2, 0.25) is 0 Å². The van der Waals surface area contributed by atoms with Crippen LogP contribution in [-0.4, -0.2) is 30.1 Å². The van der Waals surface area contributed by atoms with E-state index in [1.165, 1.54) is 14.2 Å². The Morgan fingerprint density at radius 1 is 1.07 bits per heavy atom. The Labute approximate surface area is 164 Å². The van der Waals surface area contributed by atoms with Crippen molar-refractivity contribution in [2.75, 3.05) is 19.3 Å². The number of benzene rings is 2. The summed E-state index contributed by atoms with van der Waals surface area (Å²) in [6.07, 6.45) is -0.613. The molecule has 3 aromatic rings. The number of carbonyl (C=O) groups is 1. The summed E-state index contributed by atoms with van der Waals surface area (Å²) in [6.45, 7) is 2.22. The molecule has 0 aliphatic rings. The summed E-state index contributed by atoms with van der Waals surface area (Å²) in [5, 5.41) is 5.68. The third-order valence-electron chi connectivity index (χ3n) is 4.36. The van der Waals surface area contributed by atoms with Crippen LogP contribution in [-0.2, 0) is 23.2 Å². The number of hydrogen-bond donors (Lipinski definition) is 0. The van der Waals surface area contributed by atoms with Gasteiger partial charge in [-0.2, -0.15) is 10.2 Å². The fourth-order valence-corrected chi connectivity index (χ4v) is 3.02. The van der Waals surface area contributed by atoms with Gasteiger partial charge in [0.05, 0.1) is 25.6 Å². The third kappa shape index (κ3) is 3.84. The van der Waals surface area contributed by atoms with Crippen LogP contribution in [0.25, 0.3) is 11.3 Å². The molecule has 0 N–H and O–H groups in total. The van der Waals surface area contributed by atoms with Crippen molar-refractivity contribution in [3.8, 4) is 17.1 Å². The van der Waals surface area contributed by atoms with Crippen LogP contribution in [0, 0.1) is 6.92 Å². The first-order valence-electron chi connectivity index (χ1n) is 8.78. The predicted molar refractivity (Wildman–Crippen MR) is 106 cm³/mol. The maximum Gasteiger partial charge on any atom is 0.438 e. The van der Waals surface area contributed by atoms with Crippen molar-refractivity contribution in [3.05, 3.63) is 65.7 Å². The molecule has 1 aromatic heterocycles. The summed E-state index contributed by atoms with van der Waals surface area (Å²) in [5.74, 6) is 0.663. The first-order chi connectivity index (χ1) is 13.6. The Hall–Kier alpha value is -3.32. The minimum atomic E-state index is -0.613. The lowest BCUT2D eigenvalue weighted by Gasteiger charge is -2.21. The molecule has 0 aliphatic carbocycles. The number of hydrogen-bond acceptors (Lipinski definition) is 5. The normalized spacial score (nSPS) is 10.6. The molecule has 7 nitrogen and oxygen atoms in total. The molecule has 0 unspecified atom stereocenters. The quantitative estimate of drug-likeness (QED) is 0.601. The second-order valence-corrected chi connectivity index (χ2v) is 6.13. The van der Waals surface area contributed by atoms with Gasteiger partial charge in [-0.25, -0.2) is 9.48 Å². The lowest BCUT2D eigenvalue weighted by molar-refractivity contribution is 0.115. The van der Waals surface area contributed by atoms with E-state index in [-0.39, 0.29) is 6.61 Å². The van der Waals surface area contributed by atoms with Crippen LogP contribution >= 0.6 is 0 Å². The zero-order valence-corrected chi connectivity index (χ0v) is 16.4. The van der Waals surface area contributed by atoms with Gasteiger partial charge < -0.3 is 9.47 Å². The van der Waals surface area contributed by atoms with Gasteiger partial charge >= 0.3 is 6.09 Å². The molecule has 0 atom stereocenters. The van der Waals surface area contributed by atoms with Gasteiger partial charge in [0.2, 0.25) is 5.88 Å². The van der Waals surface area contributed by atoms with Gasteiger partial charge in [-0.1, -0.05) is 48.5 Å². The smallest absolute Gasteiger partial charge is 0.438 e. The summed E-state index contributed by atoms with van der Waals surface area (Å²) in [4.78, 5) is 17.1. The molecule has 3 rings (SSSR count). The molecule has 0 bridgehead atoms. The van der Waals surface area contributed by atoms with Crippen molar-refractivity contribution in [1.29, 1.82) is 0 Å². The molecule has 0 fully saturated rings. The fraction of sp³-hybridized carbons (Fsp3) is 0.238. The van der Waals surface area contributed by atoms with Crippen LogP contribution in [0.3, 0.4) is 0 Å². The van der Waals surface area contributed by atoms with E-state index < -0.39 is 6.09 Å². The van der Waals surface area contributed by atoms with Gasteiger partial charge in [0, 0.05) is 23.7 Å². The molecular weight excluding hydrogens is 358 g/mol. The molecule has 28 heavy (non-hydrogen) atoms. The molecule has 0 aliphatic heterocycles. The van der Waals surface area contributed by atoms with Gasteiger partial charge in [-0.15, -0.1) is 0 Å². The third-order valence-corrected chi connectivity index (χ3v) is 4.36. The first kappa shape index (κ1) is 19.4. The van der Waals surface area contributed by atoms with E-state index in [0.717, 1.165) is 27.4 Å². The van der Waals surface area contributed by atoms with Crippen molar-refractivity contribution < 1.29 is 19.1 Å². The number of rotatable bonds is 6. The topological polar surface area (TPSA) is 65.8 Å². The van der Waals surface area contributed by atoms with E-state index >= 15 is 0 Å². The van der Waals surface area contributed by atoms with Gasteiger partial charge in [0.25, 0.3) is 0 Å². The number of amides is 1. The van der Waals surface area contributed by atoms with E-state index in [1.54, 1.807) is 10.7 Å². The highest BCUT2D eigenvalue weighted by atomic mass is 16.7. The maximum atomic E-state index is 12.0. The number of aryl methyl sites for hydroxylation is 1. The van der Waals surface area contributed by atoms with Crippen molar-refractivity contribution in [1.82, 2.24) is 9.78 Å². The minimum absolute atomic E-state index is 0.238. The van der Waals surface area contributed by atoms with E-state index in [1.807, 2.05) is 62.5 Å². The number of anilines is 1. The van der Waals surface area contributed by atoms with Crippen molar-refractivity contribution in [3.63, 3.8) is 0 Å². The number of ether oxygens (including phenoxy) is 2. The summed E-state index contributed by atoms with van der Waals surface area (Å²) < 4.78 is 12.6. The molecule has 1 amide bonds. The highest BCUT2D eigenvalue weighted by molar-refractivity contribution is 5.86. The van der Waals surface area contributed by atoms with Gasteiger partial charge in [-0.3, -0.25) is 4.84 Å². The number of para-hydroxylation sites is 1. The van der Waals surface area contributed by atoms with Crippen LogP contribution in [0.1, 0.15) is 11.1 Å². The monoisotopic (exact) mass is 381 g/mol. The van der Waals surface area contributed by atoms with Crippen LogP contribution in [0.5, 0.6) is 5.88 Å². The van der Waals surface area contributed by atoms with E-state index in [4.69, 9.17) is 14.3 Å². The number of methoxy groups -OCH3 is 1. The standard InChI is InChI=1S/C21H23N3O4/c1-15-19(16-10-6-5-7-11-16)22-23(2)20(15)28-14-17-12-8-9-13-18(17)24(27-4)21(25)26-3/h5-13H,14H2,1-4H3. The molecule has 0 spiro atoms. The molecule has 0 saturated carbocycles. The molecular formula is C21H23N3O4. The lowest BCUT2D eigenvalue weighted by atomic mass is 10.1. The molecule has 146 valence electrons. The zero-order valence-electron chi connectivity index (χ0n) is 16.4. The van der Waals surface area contributed by atoms with Gasteiger partial charge in [0.1, 0.15) is 6.61 Å². The zero-order chi connectivity index (χ0) is 20.1. The molecule has 1 heterocycles. The highest BCUT2D eigenvalue weighted by Gasteiger charge is 2.20. The average molecular weight is 381 g/mol. The minimum Gasteiger partial charge on any atom is -0.473 e. The molecule has 2 aromatic carbocycles. The first-order valence-corrected chi connectivity index (χ1v) is 8.78. The van der Waals surface area contributed by atoms with Crippen LogP contribution in [0.15, 0.2) is 54.6 Å². The summed E-state index contributed by atoms with van der Waals surface area (Å²) in [6, 6.07) is 17.3. The van der Waals surface area contributed by atoms with Crippen molar-refractivity contribution >= 4 is 11.8 Å². The SMILES string of the molecule is COC(=O)N(OC)c1ccccc1COc1c(C)c(-c2ccccc2)nn1C. The predicted octanol–water partition coefficient (Wildman–Crippen LogP) is 4.11. The maximum absolute atomic E-state index is 12.0. The van der Waals surface area contributed by atoms with Crippen molar-refractivity contribution in [2.45, 2.75) is 13.5 Å². The molecule has 0 radical (unpaired) electrons. The van der Waals surface area contributed by atoms with E-state index in [2.05, 4.69) is 5.10 Å². The summed E-state index contributed by atoms with van der Waals surface area (Å²) in [7, 11) is 4.56. The van der Waals surface area contributed by atoms with Gasteiger partial charge in [-0.05, 0) is 13.0 Å². The summed E-state index contributed by atoms with van der Waals surface area (Å²) in [5.41, 5.74) is 4.18. The fourth-order valence-electron chi connectivity index (χ4n) is 3.02. The Morgan fingerprint density at radius 2 is 1.75 bits per heavy atom. The Balaban J connectivity index is 1.86. The van der Waals surface area contributed by atoms with Crippen LogP contribution < -0.4 is 9.80 Å². The van der Waals surface area contributed by atoms with Crippen molar-refractivity contribution in [2.24, 2.45) is 7.05 Å². The highest BCUT2D eigenvalue weighted by Crippen LogP contribution is 2.30. The van der Waals surface area contributed by atoms with E-state index in [0.29, 0.717) is 11.6 Å². The Kier molecular flexibility index (Phi) is 5.96. The number of nitrogens with zero attached hydrogens (tertiary/aromatic N) is 3. The lowest BCUT2D eigenvalue weighted by Crippen LogP contribution is -2.30. The number of carbonyl (C=O) groups excluding carboxylic acids is 1. The molecule has 7 heteroatoms. The number of hydroxylamine groups is 1. The van der Waals surface area contributed by atoms with Crippen LogP contribution in [0.4, 0.5) is 10.5 Å². The number of aromatic nitrogens is 2. The largest absolute Gasteiger partial charge is 0.473 e. The average Bonchev–Trinajstić information content (AvgIpc) is 3.02. The second-order valence-electron chi connectivity index (χ2n) is 6.13. The second kappa shape index (κ2) is 8.58. The van der Waals surface area contributed by atoms with E-state index in [9.17, 15) is 4.79 Å². The molecule has 0 saturated heterocycles. The Morgan fingerprint density at radius 3 is 2.43 bits per heavy atom. The Bertz CT molecular complexity index is 954. The summed E-state index contributed by atoms with van der Waals surface area (Å²) >= 11 is 0.